The zero-order valence-corrected chi connectivity index (χ0v) is 16.4. The first-order valence-electron chi connectivity index (χ1n) is 7.89. The molecule has 0 radical (unpaired) electrons. The van der Waals surface area contributed by atoms with Gasteiger partial charge in [-0.15, -0.1) is 0 Å². The topological polar surface area (TPSA) is 84.5 Å². The normalized spacial score (nSPS) is 11.2. The van der Waals surface area contributed by atoms with Crippen LogP contribution in [0.25, 0.3) is 0 Å². The fraction of sp³-hybridized carbons (Fsp3) is 0.278. The average Bonchev–Trinajstić information content (AvgIpc) is 2.58. The number of hydrogen-bond donors (Lipinski definition) is 2. The molecule has 8 heteroatoms. The summed E-state index contributed by atoms with van der Waals surface area (Å²) in [5.41, 5.74) is 1.97. The fourth-order valence-electron chi connectivity index (χ4n) is 2.55. The molecule has 1 amide bonds. The van der Waals surface area contributed by atoms with Crippen LogP contribution in [0.2, 0.25) is 5.02 Å². The molecule has 2 rings (SSSR count). The van der Waals surface area contributed by atoms with E-state index in [-0.39, 0.29) is 11.4 Å². The Morgan fingerprint density at radius 3 is 2.23 bits per heavy atom. The van der Waals surface area contributed by atoms with Crippen molar-refractivity contribution in [3.05, 3.63) is 58.1 Å². The lowest BCUT2D eigenvalue weighted by atomic mass is 10.1. The molecule has 0 fully saturated rings. The van der Waals surface area contributed by atoms with Crippen LogP contribution in [-0.2, 0) is 21.4 Å². The van der Waals surface area contributed by atoms with Crippen molar-refractivity contribution >= 4 is 27.5 Å². The van der Waals surface area contributed by atoms with Crippen molar-refractivity contribution in [3.63, 3.8) is 0 Å². The Morgan fingerprint density at radius 2 is 1.69 bits per heavy atom. The zero-order chi connectivity index (χ0) is 19.3. The number of nitrogens with one attached hydrogen (secondary N) is 2. The zero-order valence-electron chi connectivity index (χ0n) is 14.8. The molecule has 0 atom stereocenters. The molecule has 0 saturated heterocycles. The predicted octanol–water partition coefficient (Wildman–Crippen LogP) is 2.56. The van der Waals surface area contributed by atoms with Gasteiger partial charge in [-0.3, -0.25) is 4.79 Å². The van der Waals surface area contributed by atoms with Gasteiger partial charge >= 0.3 is 0 Å². The lowest BCUT2D eigenvalue weighted by Gasteiger charge is -2.13. The standard InChI is InChI=1S/C18H21ClN2O4S/c1-12-8-16(25-3)9-13(2)18(12)26(23,24)21-11-17(22)20-10-14-4-6-15(19)7-5-14/h4-9,21H,10-11H2,1-3H3,(H,20,22). The molecule has 6 nitrogen and oxygen atoms in total. The van der Waals surface area contributed by atoms with Gasteiger partial charge < -0.3 is 10.1 Å². The van der Waals surface area contributed by atoms with Gasteiger partial charge in [-0.1, -0.05) is 23.7 Å². The van der Waals surface area contributed by atoms with Crippen LogP contribution >= 0.6 is 11.6 Å². The first kappa shape index (κ1) is 20.2. The van der Waals surface area contributed by atoms with E-state index in [1.807, 2.05) is 0 Å². The largest absolute Gasteiger partial charge is 0.497 e. The number of ether oxygens (including phenoxy) is 1. The summed E-state index contributed by atoms with van der Waals surface area (Å²) >= 11 is 5.81. The summed E-state index contributed by atoms with van der Waals surface area (Å²) in [4.78, 5) is 12.1. The summed E-state index contributed by atoms with van der Waals surface area (Å²) in [6.07, 6.45) is 0. The Balaban J connectivity index is 1.99. The average molecular weight is 397 g/mol. The Labute approximate surface area is 158 Å². The summed E-state index contributed by atoms with van der Waals surface area (Å²) in [5.74, 6) is 0.159. The van der Waals surface area contributed by atoms with E-state index in [9.17, 15) is 13.2 Å². The van der Waals surface area contributed by atoms with Crippen molar-refractivity contribution in [2.75, 3.05) is 13.7 Å². The van der Waals surface area contributed by atoms with Crippen LogP contribution in [0, 0.1) is 13.8 Å². The van der Waals surface area contributed by atoms with Crippen molar-refractivity contribution in [2.45, 2.75) is 25.3 Å². The molecule has 0 heterocycles. The number of amides is 1. The Hall–Kier alpha value is -2.09. The molecule has 0 bridgehead atoms. The molecule has 140 valence electrons. The van der Waals surface area contributed by atoms with Crippen molar-refractivity contribution in [1.82, 2.24) is 10.0 Å². The number of halogens is 1. The van der Waals surface area contributed by atoms with Crippen LogP contribution < -0.4 is 14.8 Å². The van der Waals surface area contributed by atoms with Gasteiger partial charge in [-0.05, 0) is 54.8 Å². The van der Waals surface area contributed by atoms with E-state index in [4.69, 9.17) is 16.3 Å². The number of rotatable bonds is 7. The summed E-state index contributed by atoms with van der Waals surface area (Å²) in [6.45, 7) is 3.31. The summed E-state index contributed by atoms with van der Waals surface area (Å²) < 4.78 is 32.6. The molecule has 0 aromatic heterocycles. The lowest BCUT2D eigenvalue weighted by molar-refractivity contribution is -0.120. The van der Waals surface area contributed by atoms with Crippen LogP contribution in [0.5, 0.6) is 5.75 Å². The quantitative estimate of drug-likeness (QED) is 0.753. The molecule has 0 spiro atoms. The molecule has 2 aromatic rings. The monoisotopic (exact) mass is 396 g/mol. The van der Waals surface area contributed by atoms with Gasteiger partial charge in [-0.2, -0.15) is 0 Å². The van der Waals surface area contributed by atoms with Gasteiger partial charge in [0.15, 0.2) is 0 Å². The van der Waals surface area contributed by atoms with Crippen LogP contribution in [0.3, 0.4) is 0 Å². The molecule has 0 unspecified atom stereocenters. The maximum atomic E-state index is 12.5. The van der Waals surface area contributed by atoms with Crippen molar-refractivity contribution in [1.29, 1.82) is 0 Å². The minimum absolute atomic E-state index is 0.156. The number of sulfonamides is 1. The number of methoxy groups -OCH3 is 1. The number of hydrogen-bond acceptors (Lipinski definition) is 4. The summed E-state index contributed by atoms with van der Waals surface area (Å²) in [6, 6.07) is 10.3. The fourth-order valence-corrected chi connectivity index (χ4v) is 4.11. The van der Waals surface area contributed by atoms with E-state index in [2.05, 4.69) is 10.0 Å². The van der Waals surface area contributed by atoms with E-state index in [0.29, 0.717) is 28.4 Å². The van der Waals surface area contributed by atoms with E-state index < -0.39 is 15.9 Å². The minimum Gasteiger partial charge on any atom is -0.497 e. The second-order valence-electron chi connectivity index (χ2n) is 5.82. The van der Waals surface area contributed by atoms with Crippen molar-refractivity contribution in [2.24, 2.45) is 0 Å². The van der Waals surface area contributed by atoms with Gasteiger partial charge in [0.05, 0.1) is 18.6 Å². The summed E-state index contributed by atoms with van der Waals surface area (Å²) in [7, 11) is -2.29. The van der Waals surface area contributed by atoms with E-state index in [1.54, 1.807) is 50.2 Å². The first-order chi connectivity index (χ1) is 12.2. The molecule has 0 aliphatic rings. The molecule has 0 aliphatic heterocycles. The van der Waals surface area contributed by atoms with Gasteiger partial charge in [0, 0.05) is 11.6 Å². The predicted molar refractivity (Wildman–Crippen MR) is 101 cm³/mol. The smallest absolute Gasteiger partial charge is 0.241 e. The highest BCUT2D eigenvalue weighted by molar-refractivity contribution is 7.89. The molecular formula is C18H21ClN2O4S. The molecule has 0 aliphatic carbocycles. The second kappa shape index (κ2) is 8.53. The van der Waals surface area contributed by atoms with Crippen LogP contribution in [0.1, 0.15) is 16.7 Å². The van der Waals surface area contributed by atoms with Gasteiger partial charge in [0.25, 0.3) is 0 Å². The number of aryl methyl sites for hydroxylation is 2. The second-order valence-corrected chi connectivity index (χ2v) is 7.96. The highest BCUT2D eigenvalue weighted by Gasteiger charge is 2.21. The van der Waals surface area contributed by atoms with Crippen LogP contribution in [0.15, 0.2) is 41.3 Å². The molecule has 2 N–H and O–H groups in total. The molecule has 2 aromatic carbocycles. The van der Waals surface area contributed by atoms with E-state index in [1.165, 1.54) is 7.11 Å². The van der Waals surface area contributed by atoms with Crippen LogP contribution in [0.4, 0.5) is 0 Å². The number of benzene rings is 2. The van der Waals surface area contributed by atoms with Gasteiger partial charge in [0.1, 0.15) is 5.75 Å². The van der Waals surface area contributed by atoms with Gasteiger partial charge in [-0.25, -0.2) is 13.1 Å². The van der Waals surface area contributed by atoms with Gasteiger partial charge in [0.2, 0.25) is 15.9 Å². The third-order valence-electron chi connectivity index (χ3n) is 3.76. The summed E-state index contributed by atoms with van der Waals surface area (Å²) in [5, 5.41) is 3.27. The molecule has 26 heavy (non-hydrogen) atoms. The Bertz CT molecular complexity index is 873. The van der Waals surface area contributed by atoms with Crippen molar-refractivity contribution < 1.29 is 17.9 Å². The first-order valence-corrected chi connectivity index (χ1v) is 9.75. The lowest BCUT2D eigenvalue weighted by Crippen LogP contribution is -2.37. The molecular weight excluding hydrogens is 376 g/mol. The highest BCUT2D eigenvalue weighted by Crippen LogP contribution is 2.25. The SMILES string of the molecule is COc1cc(C)c(S(=O)(=O)NCC(=O)NCc2ccc(Cl)cc2)c(C)c1. The highest BCUT2D eigenvalue weighted by atomic mass is 35.5. The third-order valence-corrected chi connectivity index (χ3v) is 5.72. The molecule has 0 saturated carbocycles. The van der Waals surface area contributed by atoms with Crippen molar-refractivity contribution in [3.8, 4) is 5.75 Å². The van der Waals surface area contributed by atoms with Crippen LogP contribution in [-0.4, -0.2) is 28.0 Å². The van der Waals surface area contributed by atoms with E-state index >= 15 is 0 Å². The maximum absolute atomic E-state index is 12.5. The Morgan fingerprint density at radius 1 is 1.12 bits per heavy atom. The number of carbonyl (C=O) groups is 1. The Kier molecular flexibility index (Phi) is 6.63. The number of carbonyl (C=O) groups excluding carboxylic acids is 1. The third kappa shape index (κ3) is 5.20. The maximum Gasteiger partial charge on any atom is 0.241 e. The van der Waals surface area contributed by atoms with E-state index in [0.717, 1.165) is 5.56 Å². The minimum atomic E-state index is -3.81.